The lowest BCUT2D eigenvalue weighted by Gasteiger charge is -2.12. The molecule has 4 heteroatoms. The van der Waals surface area contributed by atoms with Crippen LogP contribution >= 0.6 is 11.3 Å². The molecule has 1 aliphatic rings. The van der Waals surface area contributed by atoms with Crippen molar-refractivity contribution < 1.29 is 14.7 Å². The highest BCUT2D eigenvalue weighted by molar-refractivity contribution is 7.12. The van der Waals surface area contributed by atoms with Gasteiger partial charge >= 0.3 is 5.97 Å². The van der Waals surface area contributed by atoms with Crippen LogP contribution in [0.4, 0.5) is 0 Å². The van der Waals surface area contributed by atoms with E-state index in [9.17, 15) is 9.59 Å². The summed E-state index contributed by atoms with van der Waals surface area (Å²) < 4.78 is 0. The molecule has 0 radical (unpaired) electrons. The molecule has 3 nitrogen and oxygen atoms in total. The number of carboxylic acids is 1. The van der Waals surface area contributed by atoms with E-state index in [0.29, 0.717) is 23.6 Å². The molecule has 1 aliphatic carbocycles. The maximum atomic E-state index is 12.1. The highest BCUT2D eigenvalue weighted by Gasteiger charge is 2.41. The smallest absolute Gasteiger partial charge is 0.307 e. The van der Waals surface area contributed by atoms with E-state index in [4.69, 9.17) is 5.11 Å². The van der Waals surface area contributed by atoms with Crippen molar-refractivity contribution in [2.75, 3.05) is 0 Å². The minimum Gasteiger partial charge on any atom is -0.481 e. The third-order valence-electron chi connectivity index (χ3n) is 3.22. The third-order valence-corrected chi connectivity index (χ3v) is 4.10. The summed E-state index contributed by atoms with van der Waals surface area (Å²) in [6.45, 7) is 2.01. The summed E-state index contributed by atoms with van der Waals surface area (Å²) in [6, 6.07) is 3.60. The molecule has 1 aromatic rings. The Balaban J connectivity index is 2.20. The van der Waals surface area contributed by atoms with Gasteiger partial charge in [-0.3, -0.25) is 9.59 Å². The number of hydrogen-bond acceptors (Lipinski definition) is 3. The molecule has 1 saturated carbocycles. The standard InChI is InChI=1S/C12H14O3S/c1-7-5-8(9(6-7)12(14)15)11(13)10-3-2-4-16-10/h2-4,7-9H,5-6H2,1H3,(H,14,15). The lowest BCUT2D eigenvalue weighted by Crippen LogP contribution is -2.24. The Labute approximate surface area is 98.1 Å². The van der Waals surface area contributed by atoms with Crippen molar-refractivity contribution in [3.8, 4) is 0 Å². The van der Waals surface area contributed by atoms with E-state index >= 15 is 0 Å². The van der Waals surface area contributed by atoms with Gasteiger partial charge < -0.3 is 5.11 Å². The summed E-state index contributed by atoms with van der Waals surface area (Å²) >= 11 is 1.39. The van der Waals surface area contributed by atoms with Crippen molar-refractivity contribution in [1.29, 1.82) is 0 Å². The molecule has 86 valence electrons. The Morgan fingerprint density at radius 3 is 2.62 bits per heavy atom. The first-order chi connectivity index (χ1) is 7.59. The molecule has 1 N–H and O–H groups in total. The summed E-state index contributed by atoms with van der Waals surface area (Å²) in [5.41, 5.74) is 0. The lowest BCUT2D eigenvalue weighted by atomic mass is 9.91. The van der Waals surface area contributed by atoms with Gasteiger partial charge in [-0.1, -0.05) is 13.0 Å². The van der Waals surface area contributed by atoms with E-state index in [1.165, 1.54) is 11.3 Å². The van der Waals surface area contributed by atoms with Crippen molar-refractivity contribution in [2.24, 2.45) is 17.8 Å². The van der Waals surface area contributed by atoms with Crippen LogP contribution in [0.2, 0.25) is 0 Å². The van der Waals surface area contributed by atoms with Crippen LogP contribution in [0.5, 0.6) is 0 Å². The van der Waals surface area contributed by atoms with E-state index in [1.807, 2.05) is 18.4 Å². The molecule has 0 aromatic carbocycles. The first-order valence-corrected chi connectivity index (χ1v) is 6.28. The lowest BCUT2D eigenvalue weighted by molar-refractivity contribution is -0.142. The Morgan fingerprint density at radius 1 is 1.38 bits per heavy atom. The molecular formula is C12H14O3S. The summed E-state index contributed by atoms with van der Waals surface area (Å²) in [6.07, 6.45) is 1.32. The van der Waals surface area contributed by atoms with Gasteiger partial charge in [0.05, 0.1) is 10.8 Å². The van der Waals surface area contributed by atoms with Crippen molar-refractivity contribution in [1.82, 2.24) is 0 Å². The molecule has 1 heterocycles. The van der Waals surface area contributed by atoms with Crippen LogP contribution in [0.15, 0.2) is 17.5 Å². The minimum absolute atomic E-state index is 0.00625. The molecule has 1 aromatic heterocycles. The van der Waals surface area contributed by atoms with Crippen LogP contribution in [-0.2, 0) is 4.79 Å². The fourth-order valence-electron chi connectivity index (χ4n) is 2.46. The number of carbonyl (C=O) groups excluding carboxylic acids is 1. The Kier molecular flexibility index (Phi) is 3.10. The second-order valence-corrected chi connectivity index (χ2v) is 5.42. The topological polar surface area (TPSA) is 54.4 Å². The third kappa shape index (κ3) is 2.02. The number of hydrogen-bond donors (Lipinski definition) is 1. The molecule has 1 fully saturated rings. The van der Waals surface area contributed by atoms with Gasteiger partial charge in [-0.2, -0.15) is 0 Å². The molecule has 3 atom stereocenters. The molecule has 0 amide bonds. The van der Waals surface area contributed by atoms with Gasteiger partial charge in [-0.15, -0.1) is 11.3 Å². The minimum atomic E-state index is -0.834. The second-order valence-electron chi connectivity index (χ2n) is 4.47. The first-order valence-electron chi connectivity index (χ1n) is 5.40. The van der Waals surface area contributed by atoms with Crippen LogP contribution in [0.3, 0.4) is 0 Å². The summed E-state index contributed by atoms with van der Waals surface area (Å²) in [5, 5.41) is 10.9. The Hall–Kier alpha value is -1.16. The molecular weight excluding hydrogens is 224 g/mol. The van der Waals surface area contributed by atoms with Crippen LogP contribution in [0, 0.1) is 17.8 Å². The number of carboxylic acid groups (broad SMARTS) is 1. The van der Waals surface area contributed by atoms with Crippen molar-refractivity contribution in [3.63, 3.8) is 0 Å². The Morgan fingerprint density at radius 2 is 2.06 bits per heavy atom. The predicted molar refractivity (Wildman–Crippen MR) is 61.7 cm³/mol. The van der Waals surface area contributed by atoms with Gasteiger partial charge in [0.25, 0.3) is 0 Å². The van der Waals surface area contributed by atoms with Crippen LogP contribution in [0.1, 0.15) is 29.4 Å². The van der Waals surface area contributed by atoms with Gasteiger partial charge in [0.15, 0.2) is 5.78 Å². The number of carbonyl (C=O) groups is 2. The average Bonchev–Trinajstić information content (AvgIpc) is 2.84. The Bertz CT molecular complexity index is 396. The van der Waals surface area contributed by atoms with E-state index in [1.54, 1.807) is 6.07 Å². The number of aliphatic carboxylic acids is 1. The predicted octanol–water partition coefficient (Wildman–Crippen LogP) is 2.68. The van der Waals surface area contributed by atoms with E-state index in [-0.39, 0.29) is 11.7 Å². The van der Waals surface area contributed by atoms with Crippen molar-refractivity contribution in [3.05, 3.63) is 22.4 Å². The van der Waals surface area contributed by atoms with Crippen LogP contribution < -0.4 is 0 Å². The zero-order valence-electron chi connectivity index (χ0n) is 9.05. The fraction of sp³-hybridized carbons (Fsp3) is 0.500. The fourth-order valence-corrected chi connectivity index (χ4v) is 3.18. The SMILES string of the molecule is CC1CC(C(=O)O)C(C(=O)c2cccs2)C1. The molecule has 0 aliphatic heterocycles. The van der Waals surface area contributed by atoms with Gasteiger partial charge in [0, 0.05) is 5.92 Å². The normalized spacial score (nSPS) is 29.2. The van der Waals surface area contributed by atoms with Gasteiger partial charge in [-0.05, 0) is 30.2 Å². The molecule has 16 heavy (non-hydrogen) atoms. The quantitative estimate of drug-likeness (QED) is 0.824. The van der Waals surface area contributed by atoms with E-state index in [0.717, 1.165) is 0 Å². The number of Topliss-reactive ketones (excluding diaryl/α,β-unsaturated/α-hetero) is 1. The zero-order chi connectivity index (χ0) is 11.7. The molecule has 2 rings (SSSR count). The number of ketones is 1. The molecule has 0 saturated heterocycles. The monoisotopic (exact) mass is 238 g/mol. The highest BCUT2D eigenvalue weighted by Crippen LogP contribution is 2.38. The maximum absolute atomic E-state index is 12.1. The summed E-state index contributed by atoms with van der Waals surface area (Å²) in [7, 11) is 0. The molecule has 3 unspecified atom stereocenters. The number of thiophene rings is 1. The number of rotatable bonds is 3. The van der Waals surface area contributed by atoms with Gasteiger partial charge in [0.1, 0.15) is 0 Å². The summed E-state index contributed by atoms with van der Waals surface area (Å²) in [4.78, 5) is 23.9. The van der Waals surface area contributed by atoms with Crippen LogP contribution in [0.25, 0.3) is 0 Å². The highest BCUT2D eigenvalue weighted by atomic mass is 32.1. The first kappa shape index (κ1) is 11.3. The van der Waals surface area contributed by atoms with Gasteiger partial charge in [0.2, 0.25) is 0 Å². The van der Waals surface area contributed by atoms with Crippen LogP contribution in [-0.4, -0.2) is 16.9 Å². The largest absolute Gasteiger partial charge is 0.481 e. The molecule has 0 bridgehead atoms. The average molecular weight is 238 g/mol. The van der Waals surface area contributed by atoms with E-state index in [2.05, 4.69) is 0 Å². The maximum Gasteiger partial charge on any atom is 0.307 e. The molecule has 0 spiro atoms. The summed E-state index contributed by atoms with van der Waals surface area (Å²) in [5.74, 6) is -1.32. The van der Waals surface area contributed by atoms with E-state index < -0.39 is 11.9 Å². The van der Waals surface area contributed by atoms with Crippen molar-refractivity contribution in [2.45, 2.75) is 19.8 Å². The second kappa shape index (κ2) is 4.37. The van der Waals surface area contributed by atoms with Crippen molar-refractivity contribution >= 4 is 23.1 Å². The van der Waals surface area contributed by atoms with Gasteiger partial charge in [-0.25, -0.2) is 0 Å². The zero-order valence-corrected chi connectivity index (χ0v) is 9.87.